The quantitative estimate of drug-likeness (QED) is 0.705. The highest BCUT2D eigenvalue weighted by molar-refractivity contribution is 5.77. The van der Waals surface area contributed by atoms with Crippen molar-refractivity contribution in [2.24, 2.45) is 0 Å². The fraction of sp³-hybridized carbons (Fsp3) is 0.435. The van der Waals surface area contributed by atoms with Gasteiger partial charge in [-0.25, -0.2) is 0 Å². The normalized spacial score (nSPS) is 17.0. The molecule has 6 heteroatoms. The standard InChI is InChI=1S/C23H27F3N2O/c1-18(20-8-10-21(11-9-20)23(24,25)26)16-22(29)28-13-5-12-27(14-15-28)17-19-6-3-2-4-7-19/h2-4,6-11,18H,5,12-17H2,1H3. The molecule has 0 aliphatic carbocycles. The third kappa shape index (κ3) is 6.07. The SMILES string of the molecule is CC(CC(=O)N1CCCN(Cc2ccccc2)CC1)c1ccc(C(F)(F)F)cc1. The summed E-state index contributed by atoms with van der Waals surface area (Å²) in [6.45, 7) is 5.96. The van der Waals surface area contributed by atoms with Gasteiger partial charge in [0.2, 0.25) is 5.91 Å². The van der Waals surface area contributed by atoms with Crippen LogP contribution in [-0.2, 0) is 17.5 Å². The van der Waals surface area contributed by atoms with Crippen LogP contribution in [0, 0.1) is 0 Å². The number of alkyl halides is 3. The first-order valence-corrected chi connectivity index (χ1v) is 10.0. The molecule has 0 saturated carbocycles. The van der Waals surface area contributed by atoms with Crippen molar-refractivity contribution in [2.45, 2.75) is 38.4 Å². The lowest BCUT2D eigenvalue weighted by molar-refractivity contribution is -0.137. The van der Waals surface area contributed by atoms with Crippen molar-refractivity contribution in [3.63, 3.8) is 0 Å². The highest BCUT2D eigenvalue weighted by Crippen LogP contribution is 2.30. The highest BCUT2D eigenvalue weighted by atomic mass is 19.4. The number of carbonyl (C=O) groups excluding carboxylic acids is 1. The Labute approximate surface area is 170 Å². The van der Waals surface area contributed by atoms with Gasteiger partial charge in [0.25, 0.3) is 0 Å². The Morgan fingerprint density at radius 1 is 0.966 bits per heavy atom. The Balaban J connectivity index is 1.52. The molecule has 1 saturated heterocycles. The molecule has 1 unspecified atom stereocenters. The Hall–Kier alpha value is -2.34. The first kappa shape index (κ1) is 21.4. The van der Waals surface area contributed by atoms with Gasteiger partial charge in [-0.05, 0) is 35.6 Å². The zero-order chi connectivity index (χ0) is 20.9. The van der Waals surface area contributed by atoms with Gasteiger partial charge in [-0.1, -0.05) is 49.4 Å². The van der Waals surface area contributed by atoms with Gasteiger partial charge in [0, 0.05) is 39.1 Å². The van der Waals surface area contributed by atoms with E-state index in [2.05, 4.69) is 17.0 Å². The van der Waals surface area contributed by atoms with Crippen molar-refractivity contribution in [1.82, 2.24) is 9.80 Å². The second kappa shape index (κ2) is 9.44. The van der Waals surface area contributed by atoms with Crippen molar-refractivity contribution in [3.8, 4) is 0 Å². The minimum absolute atomic E-state index is 0.0685. The maximum Gasteiger partial charge on any atom is 0.416 e. The van der Waals surface area contributed by atoms with Crippen molar-refractivity contribution < 1.29 is 18.0 Å². The molecular formula is C23H27F3N2O. The van der Waals surface area contributed by atoms with Gasteiger partial charge in [-0.2, -0.15) is 13.2 Å². The molecule has 0 radical (unpaired) electrons. The van der Waals surface area contributed by atoms with Crippen molar-refractivity contribution in [2.75, 3.05) is 26.2 Å². The molecular weight excluding hydrogens is 377 g/mol. The van der Waals surface area contributed by atoms with Crippen LogP contribution in [0.25, 0.3) is 0 Å². The Morgan fingerprint density at radius 2 is 1.66 bits per heavy atom. The molecule has 0 aromatic heterocycles. The maximum absolute atomic E-state index is 12.8. The van der Waals surface area contributed by atoms with Gasteiger partial charge < -0.3 is 4.90 Å². The zero-order valence-corrected chi connectivity index (χ0v) is 16.7. The molecule has 1 fully saturated rings. The van der Waals surface area contributed by atoms with E-state index in [1.165, 1.54) is 17.7 Å². The van der Waals surface area contributed by atoms with Gasteiger partial charge >= 0.3 is 6.18 Å². The van der Waals surface area contributed by atoms with E-state index < -0.39 is 11.7 Å². The average molecular weight is 404 g/mol. The Bertz CT molecular complexity index is 790. The monoisotopic (exact) mass is 404 g/mol. The van der Waals surface area contributed by atoms with Crippen LogP contribution in [0.15, 0.2) is 54.6 Å². The summed E-state index contributed by atoms with van der Waals surface area (Å²) in [5.41, 5.74) is 1.36. The number of rotatable bonds is 5. The Kier molecular flexibility index (Phi) is 6.96. The predicted octanol–water partition coefficient (Wildman–Crippen LogP) is 4.93. The number of nitrogens with zero attached hydrogens (tertiary/aromatic N) is 2. The maximum atomic E-state index is 12.8. The molecule has 1 aliphatic rings. The number of halogens is 3. The third-order valence-electron chi connectivity index (χ3n) is 5.48. The van der Waals surface area contributed by atoms with E-state index >= 15 is 0 Å². The topological polar surface area (TPSA) is 23.6 Å². The third-order valence-corrected chi connectivity index (χ3v) is 5.48. The van der Waals surface area contributed by atoms with E-state index in [1.807, 2.05) is 30.0 Å². The van der Waals surface area contributed by atoms with E-state index in [-0.39, 0.29) is 11.8 Å². The van der Waals surface area contributed by atoms with Crippen molar-refractivity contribution in [3.05, 3.63) is 71.3 Å². The van der Waals surface area contributed by atoms with E-state index in [1.54, 1.807) is 0 Å². The molecule has 1 aliphatic heterocycles. The van der Waals surface area contributed by atoms with Crippen LogP contribution in [0.4, 0.5) is 13.2 Å². The molecule has 2 aromatic carbocycles. The lowest BCUT2D eigenvalue weighted by Crippen LogP contribution is -2.35. The summed E-state index contributed by atoms with van der Waals surface area (Å²) in [6, 6.07) is 15.4. The van der Waals surface area contributed by atoms with Gasteiger partial charge in [0.05, 0.1) is 5.56 Å². The smallest absolute Gasteiger partial charge is 0.341 e. The summed E-state index contributed by atoms with van der Waals surface area (Å²) in [5, 5.41) is 0. The number of hydrogen-bond donors (Lipinski definition) is 0. The van der Waals surface area contributed by atoms with Crippen LogP contribution in [-0.4, -0.2) is 41.9 Å². The summed E-state index contributed by atoms with van der Waals surface area (Å²) >= 11 is 0. The molecule has 29 heavy (non-hydrogen) atoms. The molecule has 156 valence electrons. The van der Waals surface area contributed by atoms with Gasteiger partial charge in [-0.3, -0.25) is 9.69 Å². The molecule has 3 nitrogen and oxygen atoms in total. The summed E-state index contributed by atoms with van der Waals surface area (Å²) in [4.78, 5) is 17.0. The van der Waals surface area contributed by atoms with E-state index in [9.17, 15) is 18.0 Å². The average Bonchev–Trinajstić information content (AvgIpc) is 2.94. The van der Waals surface area contributed by atoms with Crippen molar-refractivity contribution >= 4 is 5.91 Å². The van der Waals surface area contributed by atoms with Gasteiger partial charge in [0.15, 0.2) is 0 Å². The Morgan fingerprint density at radius 3 is 2.31 bits per heavy atom. The van der Waals surface area contributed by atoms with Gasteiger partial charge in [0.1, 0.15) is 0 Å². The molecule has 1 atom stereocenters. The van der Waals surface area contributed by atoms with Crippen LogP contribution in [0.1, 0.15) is 42.4 Å². The lowest BCUT2D eigenvalue weighted by atomic mass is 9.96. The number of hydrogen-bond acceptors (Lipinski definition) is 2. The van der Waals surface area contributed by atoms with Crippen LogP contribution < -0.4 is 0 Å². The van der Waals surface area contributed by atoms with E-state index in [0.717, 1.165) is 50.3 Å². The van der Waals surface area contributed by atoms with Crippen LogP contribution in [0.5, 0.6) is 0 Å². The summed E-state index contributed by atoms with van der Waals surface area (Å²) < 4.78 is 38.1. The zero-order valence-electron chi connectivity index (χ0n) is 16.7. The molecule has 0 spiro atoms. The largest absolute Gasteiger partial charge is 0.416 e. The van der Waals surface area contributed by atoms with E-state index in [4.69, 9.17) is 0 Å². The minimum Gasteiger partial charge on any atom is -0.341 e. The highest BCUT2D eigenvalue weighted by Gasteiger charge is 2.30. The first-order chi connectivity index (χ1) is 13.8. The predicted molar refractivity (Wildman–Crippen MR) is 107 cm³/mol. The fourth-order valence-corrected chi connectivity index (χ4v) is 3.73. The lowest BCUT2D eigenvalue weighted by Gasteiger charge is -2.23. The van der Waals surface area contributed by atoms with Crippen LogP contribution in [0.3, 0.4) is 0 Å². The van der Waals surface area contributed by atoms with Crippen molar-refractivity contribution in [1.29, 1.82) is 0 Å². The molecule has 2 aromatic rings. The first-order valence-electron chi connectivity index (χ1n) is 10.0. The molecule has 0 bridgehead atoms. The second-order valence-electron chi connectivity index (χ2n) is 7.72. The molecule has 1 heterocycles. The number of benzene rings is 2. The molecule has 3 rings (SSSR count). The molecule has 1 amide bonds. The van der Waals surface area contributed by atoms with Crippen LogP contribution >= 0.6 is 0 Å². The summed E-state index contributed by atoms with van der Waals surface area (Å²) in [5.74, 6) is -0.0487. The summed E-state index contributed by atoms with van der Waals surface area (Å²) in [6.07, 6.45) is -3.10. The van der Waals surface area contributed by atoms with Crippen LogP contribution in [0.2, 0.25) is 0 Å². The number of carbonyl (C=O) groups is 1. The summed E-state index contributed by atoms with van der Waals surface area (Å²) in [7, 11) is 0. The molecule has 0 N–H and O–H groups in total. The minimum atomic E-state index is -4.34. The second-order valence-corrected chi connectivity index (χ2v) is 7.72. The van der Waals surface area contributed by atoms with E-state index in [0.29, 0.717) is 13.0 Å². The fourth-order valence-electron chi connectivity index (χ4n) is 3.73. The van der Waals surface area contributed by atoms with Gasteiger partial charge in [-0.15, -0.1) is 0 Å². The number of amides is 1.